The number of nitrogens with one attached hydrogen (secondary N) is 1. The van der Waals surface area contributed by atoms with Crippen LogP contribution in [0, 0.1) is 6.92 Å². The predicted molar refractivity (Wildman–Crippen MR) is 88.9 cm³/mol. The average molecular weight is 296 g/mol. The molecule has 0 aromatic carbocycles. The molecule has 1 aromatic rings. The van der Waals surface area contributed by atoms with Gasteiger partial charge in [0.2, 0.25) is 5.95 Å². The average Bonchev–Trinajstić information content (AvgIpc) is 2.79. The van der Waals surface area contributed by atoms with E-state index >= 15 is 0 Å². The fourth-order valence-corrected chi connectivity index (χ4v) is 2.18. The Kier molecular flexibility index (Phi) is 8.38. The number of aromatic nitrogens is 2. The van der Waals surface area contributed by atoms with Crippen molar-refractivity contribution in [3.63, 3.8) is 0 Å². The van der Waals surface area contributed by atoms with Crippen LogP contribution in [0.2, 0.25) is 0 Å². The van der Waals surface area contributed by atoms with E-state index in [0.717, 1.165) is 44.3 Å². The zero-order chi connectivity index (χ0) is 15.7. The van der Waals surface area contributed by atoms with Gasteiger partial charge in [-0.15, -0.1) is 0 Å². The Balaban J connectivity index is 2.33. The number of nitrogens with zero attached hydrogens (tertiary/aromatic N) is 3. The van der Waals surface area contributed by atoms with Crippen molar-refractivity contribution in [3.05, 3.63) is 11.9 Å². The number of anilines is 1. The van der Waals surface area contributed by atoms with Crippen molar-refractivity contribution in [2.75, 3.05) is 39.2 Å². The molecule has 0 unspecified atom stereocenters. The second-order valence-electron chi connectivity index (χ2n) is 5.95. The van der Waals surface area contributed by atoms with Crippen LogP contribution in [0.3, 0.4) is 0 Å². The number of hydrogen-bond donors (Lipinski definition) is 1. The van der Waals surface area contributed by atoms with Crippen LogP contribution in [-0.2, 0) is 11.3 Å². The van der Waals surface area contributed by atoms with E-state index in [9.17, 15) is 0 Å². The Morgan fingerprint density at radius 1 is 1.33 bits per heavy atom. The lowest BCUT2D eigenvalue weighted by molar-refractivity contribution is 0.197. The van der Waals surface area contributed by atoms with E-state index < -0.39 is 0 Å². The summed E-state index contributed by atoms with van der Waals surface area (Å²) < 4.78 is 7.30. The van der Waals surface area contributed by atoms with Crippen molar-refractivity contribution in [1.29, 1.82) is 0 Å². The van der Waals surface area contributed by atoms with Crippen molar-refractivity contribution in [1.82, 2.24) is 14.5 Å². The van der Waals surface area contributed by atoms with E-state index in [0.29, 0.717) is 6.04 Å². The minimum Gasteiger partial charge on any atom is -0.385 e. The summed E-state index contributed by atoms with van der Waals surface area (Å²) in [7, 11) is 3.92. The highest BCUT2D eigenvalue weighted by molar-refractivity contribution is 5.28. The van der Waals surface area contributed by atoms with Crippen LogP contribution in [0.5, 0.6) is 0 Å². The number of ether oxygens (including phenoxy) is 1. The second-order valence-corrected chi connectivity index (χ2v) is 5.95. The summed E-state index contributed by atoms with van der Waals surface area (Å²) in [6.45, 7) is 10.4. The predicted octanol–water partition coefficient (Wildman–Crippen LogP) is 2.76. The molecule has 0 aliphatic carbocycles. The van der Waals surface area contributed by atoms with Gasteiger partial charge >= 0.3 is 0 Å². The highest BCUT2D eigenvalue weighted by Gasteiger charge is 2.06. The van der Waals surface area contributed by atoms with Gasteiger partial charge in [0.1, 0.15) is 0 Å². The molecule has 0 bridgehead atoms. The van der Waals surface area contributed by atoms with E-state index in [1.807, 2.05) is 6.92 Å². The lowest BCUT2D eigenvalue weighted by Gasteiger charge is -2.20. The summed E-state index contributed by atoms with van der Waals surface area (Å²) in [5, 5.41) is 3.40. The van der Waals surface area contributed by atoms with E-state index in [1.165, 1.54) is 12.8 Å². The number of imidazole rings is 1. The fourth-order valence-electron chi connectivity index (χ4n) is 2.18. The number of unbranched alkanes of at least 4 members (excludes halogenated alkanes) is 1. The Morgan fingerprint density at radius 3 is 2.76 bits per heavy atom. The molecular formula is C16H32N4O. The maximum atomic E-state index is 5.06. The van der Waals surface area contributed by atoms with Crippen LogP contribution in [0.1, 0.15) is 38.8 Å². The molecule has 0 saturated heterocycles. The van der Waals surface area contributed by atoms with Gasteiger partial charge in [0, 0.05) is 39.0 Å². The summed E-state index contributed by atoms with van der Waals surface area (Å²) in [4.78, 5) is 6.94. The Labute approximate surface area is 129 Å². The highest BCUT2D eigenvalue weighted by atomic mass is 16.5. The van der Waals surface area contributed by atoms with Crippen LogP contribution in [0.25, 0.3) is 0 Å². The monoisotopic (exact) mass is 296 g/mol. The molecule has 1 rings (SSSR count). The minimum atomic E-state index is 0.624. The first-order valence-corrected chi connectivity index (χ1v) is 8.01. The van der Waals surface area contributed by atoms with Gasteiger partial charge in [-0.3, -0.25) is 0 Å². The third kappa shape index (κ3) is 6.96. The molecule has 122 valence electrons. The first-order chi connectivity index (χ1) is 10.0. The molecule has 0 atom stereocenters. The molecule has 21 heavy (non-hydrogen) atoms. The van der Waals surface area contributed by atoms with E-state index in [2.05, 4.69) is 46.9 Å². The van der Waals surface area contributed by atoms with E-state index in [1.54, 1.807) is 7.11 Å². The molecule has 0 aliphatic rings. The van der Waals surface area contributed by atoms with Gasteiger partial charge in [0.15, 0.2) is 0 Å². The van der Waals surface area contributed by atoms with Crippen LogP contribution in [-0.4, -0.2) is 54.3 Å². The minimum absolute atomic E-state index is 0.624. The van der Waals surface area contributed by atoms with Crippen LogP contribution in [0.15, 0.2) is 6.20 Å². The van der Waals surface area contributed by atoms with Gasteiger partial charge in [-0.25, -0.2) is 4.98 Å². The Bertz CT molecular complexity index is 390. The zero-order valence-corrected chi connectivity index (χ0v) is 14.4. The van der Waals surface area contributed by atoms with Crippen LogP contribution >= 0.6 is 0 Å². The summed E-state index contributed by atoms with van der Waals surface area (Å²) in [6, 6.07) is 0.624. The van der Waals surface area contributed by atoms with E-state index in [-0.39, 0.29) is 0 Å². The standard InChI is InChI=1S/C16H32N4O/c1-14(2)19(4)10-6-7-11-20-13-15(3)18-16(20)17-9-8-12-21-5/h13-14H,6-12H2,1-5H3,(H,17,18). The Hall–Kier alpha value is -1.07. The molecular weight excluding hydrogens is 264 g/mol. The van der Waals surface area contributed by atoms with Gasteiger partial charge in [0.05, 0.1) is 5.69 Å². The summed E-state index contributed by atoms with van der Waals surface area (Å²) in [5.41, 5.74) is 1.07. The van der Waals surface area contributed by atoms with Crippen molar-refractivity contribution < 1.29 is 4.74 Å². The molecule has 0 aliphatic heterocycles. The first-order valence-electron chi connectivity index (χ1n) is 8.01. The smallest absolute Gasteiger partial charge is 0.203 e. The third-order valence-corrected chi connectivity index (χ3v) is 3.75. The molecule has 5 heteroatoms. The van der Waals surface area contributed by atoms with Crippen molar-refractivity contribution in [2.24, 2.45) is 0 Å². The second kappa shape index (κ2) is 9.79. The van der Waals surface area contributed by atoms with Crippen molar-refractivity contribution in [2.45, 2.75) is 52.6 Å². The maximum Gasteiger partial charge on any atom is 0.203 e. The lowest BCUT2D eigenvalue weighted by Crippen LogP contribution is -2.27. The number of hydrogen-bond acceptors (Lipinski definition) is 4. The molecule has 0 amide bonds. The largest absolute Gasteiger partial charge is 0.385 e. The lowest BCUT2D eigenvalue weighted by atomic mass is 10.2. The van der Waals surface area contributed by atoms with Crippen LogP contribution in [0.4, 0.5) is 5.95 Å². The van der Waals surface area contributed by atoms with Crippen LogP contribution < -0.4 is 5.32 Å². The molecule has 0 fully saturated rings. The van der Waals surface area contributed by atoms with Gasteiger partial charge in [0.25, 0.3) is 0 Å². The maximum absolute atomic E-state index is 5.06. The molecule has 5 nitrogen and oxygen atoms in total. The van der Waals surface area contributed by atoms with Gasteiger partial charge < -0.3 is 19.5 Å². The molecule has 0 radical (unpaired) electrons. The number of aryl methyl sites for hydroxylation is 2. The highest BCUT2D eigenvalue weighted by Crippen LogP contribution is 2.10. The van der Waals surface area contributed by atoms with E-state index in [4.69, 9.17) is 4.74 Å². The van der Waals surface area contributed by atoms with Gasteiger partial charge in [-0.2, -0.15) is 0 Å². The number of rotatable bonds is 11. The van der Waals surface area contributed by atoms with Gasteiger partial charge in [-0.05, 0) is 53.6 Å². The Morgan fingerprint density at radius 2 is 2.10 bits per heavy atom. The molecule has 0 saturated carbocycles. The first kappa shape index (κ1) is 18.0. The summed E-state index contributed by atoms with van der Waals surface area (Å²) in [5.74, 6) is 0.987. The third-order valence-electron chi connectivity index (χ3n) is 3.75. The SMILES string of the molecule is COCCCNc1nc(C)cn1CCCCN(C)C(C)C. The van der Waals surface area contributed by atoms with Gasteiger partial charge in [-0.1, -0.05) is 0 Å². The number of methoxy groups -OCH3 is 1. The summed E-state index contributed by atoms with van der Waals surface area (Å²) >= 11 is 0. The molecule has 1 N–H and O–H groups in total. The van der Waals surface area contributed by atoms with Crippen molar-refractivity contribution in [3.8, 4) is 0 Å². The molecule has 1 heterocycles. The zero-order valence-electron chi connectivity index (χ0n) is 14.4. The normalized spacial score (nSPS) is 11.6. The molecule has 1 aromatic heterocycles. The quantitative estimate of drug-likeness (QED) is 0.638. The summed E-state index contributed by atoms with van der Waals surface area (Å²) in [6.07, 6.45) is 5.53. The topological polar surface area (TPSA) is 42.3 Å². The van der Waals surface area contributed by atoms with Crippen molar-refractivity contribution >= 4 is 5.95 Å². The fraction of sp³-hybridized carbons (Fsp3) is 0.812. The molecule has 0 spiro atoms.